The molecule has 0 aliphatic heterocycles. The van der Waals surface area contributed by atoms with Crippen molar-refractivity contribution in [3.8, 4) is 5.75 Å². The van der Waals surface area contributed by atoms with Crippen molar-refractivity contribution in [1.29, 1.82) is 0 Å². The lowest BCUT2D eigenvalue weighted by Gasteiger charge is -2.12. The molecular weight excluding hydrogens is 290 g/mol. The fraction of sp³-hybridized carbons (Fsp3) is 0.357. The van der Waals surface area contributed by atoms with Crippen LogP contribution in [0.3, 0.4) is 0 Å². The molecule has 0 saturated heterocycles. The maximum Gasteiger partial charge on any atom is 0.322 e. The minimum Gasteiger partial charge on any atom is -0.505 e. The molecule has 116 valence electrons. The molecule has 0 saturated carbocycles. The Bertz CT molecular complexity index is 862. The van der Waals surface area contributed by atoms with Gasteiger partial charge in [-0.25, -0.2) is 4.68 Å². The van der Waals surface area contributed by atoms with Crippen molar-refractivity contribution in [2.45, 2.75) is 19.3 Å². The van der Waals surface area contributed by atoms with Crippen LogP contribution >= 0.6 is 0 Å². The third-order valence-electron chi connectivity index (χ3n) is 3.94. The molecule has 2 heterocycles. The Hall–Kier alpha value is -2.77. The van der Waals surface area contributed by atoms with Gasteiger partial charge in [0, 0.05) is 12.7 Å². The summed E-state index contributed by atoms with van der Waals surface area (Å²) >= 11 is 0. The topological polar surface area (TPSA) is 113 Å². The molecule has 1 aliphatic carbocycles. The van der Waals surface area contributed by atoms with Crippen LogP contribution in [0.15, 0.2) is 10.9 Å². The van der Waals surface area contributed by atoms with Gasteiger partial charge < -0.3 is 15.5 Å². The summed E-state index contributed by atoms with van der Waals surface area (Å²) in [6, 6.07) is 1.77. The van der Waals surface area contributed by atoms with Crippen LogP contribution in [0.2, 0.25) is 0 Å². The Balaban J connectivity index is 2.19. The monoisotopic (exact) mass is 305 g/mol. The number of aromatic hydroxyl groups is 1. The lowest BCUT2D eigenvalue weighted by molar-refractivity contribution is -0.135. The number of hydrogen-bond acceptors (Lipinski definition) is 4. The normalized spacial score (nSPS) is 13.3. The van der Waals surface area contributed by atoms with E-state index in [9.17, 15) is 19.5 Å². The fourth-order valence-electron chi connectivity index (χ4n) is 2.96. The molecule has 8 nitrogen and oxygen atoms in total. The SMILES string of the molecule is Cn1c(=O)c(C(=O)NCC(=O)O)c(O)c2cc3c(n21)CCC3. The summed E-state index contributed by atoms with van der Waals surface area (Å²) in [5.41, 5.74) is 1.29. The summed E-state index contributed by atoms with van der Waals surface area (Å²) in [7, 11) is 1.52. The highest BCUT2D eigenvalue weighted by Crippen LogP contribution is 2.30. The zero-order valence-electron chi connectivity index (χ0n) is 11.9. The molecule has 0 fully saturated rings. The van der Waals surface area contributed by atoms with Crippen molar-refractivity contribution in [2.24, 2.45) is 7.05 Å². The molecule has 0 radical (unpaired) electrons. The number of nitrogens with zero attached hydrogens (tertiary/aromatic N) is 2. The minimum absolute atomic E-state index is 0.382. The molecule has 0 unspecified atom stereocenters. The van der Waals surface area contributed by atoms with Crippen LogP contribution < -0.4 is 10.9 Å². The maximum absolute atomic E-state index is 12.4. The van der Waals surface area contributed by atoms with Gasteiger partial charge in [0.1, 0.15) is 17.6 Å². The Morgan fingerprint density at radius 2 is 2.09 bits per heavy atom. The number of hydrogen-bond donors (Lipinski definition) is 3. The largest absolute Gasteiger partial charge is 0.505 e. The van der Waals surface area contributed by atoms with E-state index in [0.717, 1.165) is 30.5 Å². The second kappa shape index (κ2) is 4.90. The standard InChI is InChI=1S/C14H15N3O5/c1-16-14(22)11(13(21)15-6-10(18)19)12(20)9-5-7-3-2-4-8(7)17(9)16/h5,20H,2-4,6H2,1H3,(H,15,21)(H,18,19). The number of nitrogens with one attached hydrogen (secondary N) is 1. The first kappa shape index (κ1) is 14.2. The summed E-state index contributed by atoms with van der Waals surface area (Å²) in [6.07, 6.45) is 2.66. The molecule has 2 aromatic rings. The van der Waals surface area contributed by atoms with Crippen LogP contribution in [0.5, 0.6) is 5.75 Å². The van der Waals surface area contributed by atoms with E-state index in [4.69, 9.17) is 5.11 Å². The molecule has 22 heavy (non-hydrogen) atoms. The third kappa shape index (κ3) is 1.95. The van der Waals surface area contributed by atoms with Gasteiger partial charge in [-0.15, -0.1) is 0 Å². The molecule has 0 spiro atoms. The first-order valence-corrected chi connectivity index (χ1v) is 6.87. The Morgan fingerprint density at radius 3 is 2.77 bits per heavy atom. The lowest BCUT2D eigenvalue weighted by Crippen LogP contribution is -2.36. The molecule has 1 aliphatic rings. The predicted octanol–water partition coefficient (Wildman–Crippen LogP) is -0.353. The van der Waals surface area contributed by atoms with Gasteiger partial charge in [-0.05, 0) is 30.9 Å². The van der Waals surface area contributed by atoms with E-state index in [1.165, 1.54) is 11.7 Å². The third-order valence-corrected chi connectivity index (χ3v) is 3.94. The maximum atomic E-state index is 12.4. The zero-order chi connectivity index (χ0) is 16.0. The zero-order valence-corrected chi connectivity index (χ0v) is 11.9. The number of carboxylic acids is 1. The van der Waals surface area contributed by atoms with Crippen molar-refractivity contribution < 1.29 is 19.8 Å². The second-order valence-electron chi connectivity index (χ2n) is 5.30. The quantitative estimate of drug-likeness (QED) is 0.717. The summed E-state index contributed by atoms with van der Waals surface area (Å²) in [6.45, 7) is -0.621. The van der Waals surface area contributed by atoms with Gasteiger partial charge in [0.2, 0.25) is 0 Å². The molecule has 0 bridgehead atoms. The van der Waals surface area contributed by atoms with E-state index >= 15 is 0 Å². The number of rotatable bonds is 3. The van der Waals surface area contributed by atoms with Crippen molar-refractivity contribution in [3.05, 3.63) is 33.2 Å². The van der Waals surface area contributed by atoms with E-state index in [-0.39, 0.29) is 0 Å². The van der Waals surface area contributed by atoms with Crippen molar-refractivity contribution in [1.82, 2.24) is 14.5 Å². The van der Waals surface area contributed by atoms with Gasteiger partial charge in [-0.2, -0.15) is 0 Å². The number of aryl methyl sites for hydroxylation is 3. The lowest BCUT2D eigenvalue weighted by atomic mass is 10.2. The van der Waals surface area contributed by atoms with E-state index in [1.54, 1.807) is 10.6 Å². The van der Waals surface area contributed by atoms with Gasteiger partial charge >= 0.3 is 5.97 Å². The van der Waals surface area contributed by atoms with Crippen LogP contribution in [-0.4, -0.2) is 37.8 Å². The first-order valence-electron chi connectivity index (χ1n) is 6.87. The van der Waals surface area contributed by atoms with Crippen molar-refractivity contribution in [2.75, 3.05) is 6.54 Å². The highest BCUT2D eigenvalue weighted by Gasteiger charge is 2.26. The predicted molar refractivity (Wildman–Crippen MR) is 76.3 cm³/mol. The molecule has 0 aromatic carbocycles. The van der Waals surface area contributed by atoms with Gasteiger partial charge in [0.05, 0.1) is 0 Å². The van der Waals surface area contributed by atoms with E-state index in [0.29, 0.717) is 5.52 Å². The molecule has 1 amide bonds. The van der Waals surface area contributed by atoms with Gasteiger partial charge in [0.25, 0.3) is 11.5 Å². The number of amides is 1. The fourth-order valence-corrected chi connectivity index (χ4v) is 2.96. The number of carboxylic acid groups (broad SMARTS) is 1. The average Bonchev–Trinajstić information content (AvgIpc) is 3.03. The number of carbonyl (C=O) groups excluding carboxylic acids is 1. The average molecular weight is 305 g/mol. The molecule has 2 aromatic heterocycles. The van der Waals surface area contributed by atoms with E-state index < -0.39 is 35.3 Å². The van der Waals surface area contributed by atoms with Gasteiger partial charge in [-0.3, -0.25) is 18.9 Å². The Kier molecular flexibility index (Phi) is 3.16. The smallest absolute Gasteiger partial charge is 0.322 e. The minimum atomic E-state index is -1.23. The molecule has 0 atom stereocenters. The molecule has 8 heteroatoms. The molecule has 3 rings (SSSR count). The first-order chi connectivity index (χ1) is 10.4. The summed E-state index contributed by atoms with van der Waals surface area (Å²) in [4.78, 5) is 34.9. The number of fused-ring (bicyclic) bond motifs is 3. The van der Waals surface area contributed by atoms with Crippen LogP contribution in [0.25, 0.3) is 5.52 Å². The van der Waals surface area contributed by atoms with E-state index in [1.807, 2.05) is 0 Å². The Morgan fingerprint density at radius 1 is 1.36 bits per heavy atom. The van der Waals surface area contributed by atoms with Gasteiger partial charge in [-0.1, -0.05) is 0 Å². The second-order valence-corrected chi connectivity index (χ2v) is 5.30. The van der Waals surface area contributed by atoms with E-state index in [2.05, 4.69) is 5.32 Å². The highest BCUT2D eigenvalue weighted by molar-refractivity contribution is 5.99. The van der Waals surface area contributed by atoms with Crippen LogP contribution in [0, 0.1) is 0 Å². The molecule has 3 N–H and O–H groups in total. The van der Waals surface area contributed by atoms with Gasteiger partial charge in [0.15, 0.2) is 5.75 Å². The van der Waals surface area contributed by atoms with Crippen LogP contribution in [0.1, 0.15) is 28.0 Å². The Labute approximate surface area is 124 Å². The number of carbonyl (C=O) groups is 2. The molecular formula is C14H15N3O5. The summed E-state index contributed by atoms with van der Waals surface area (Å²) in [5, 5.41) is 21.0. The van der Waals surface area contributed by atoms with Crippen LogP contribution in [-0.2, 0) is 24.7 Å². The van der Waals surface area contributed by atoms with Crippen molar-refractivity contribution in [3.63, 3.8) is 0 Å². The number of aromatic nitrogens is 2. The summed E-state index contributed by atoms with van der Waals surface area (Å²) in [5.74, 6) is -2.54. The van der Waals surface area contributed by atoms with Crippen molar-refractivity contribution >= 4 is 17.4 Å². The van der Waals surface area contributed by atoms with Crippen LogP contribution in [0.4, 0.5) is 0 Å². The summed E-state index contributed by atoms with van der Waals surface area (Å²) < 4.78 is 2.89. The number of aliphatic carboxylic acids is 1. The highest BCUT2D eigenvalue weighted by atomic mass is 16.4.